The van der Waals surface area contributed by atoms with Gasteiger partial charge in [0.05, 0.1) is 24.3 Å². The maximum atomic E-state index is 12.2. The van der Waals surface area contributed by atoms with E-state index < -0.39 is 5.97 Å². The van der Waals surface area contributed by atoms with Crippen LogP contribution in [0.1, 0.15) is 105 Å². The van der Waals surface area contributed by atoms with Gasteiger partial charge in [-0.25, -0.2) is 9.59 Å². The molecule has 0 N–H and O–H groups in total. The molecule has 0 fully saturated rings. The van der Waals surface area contributed by atoms with E-state index in [0.717, 1.165) is 19.3 Å². The summed E-state index contributed by atoms with van der Waals surface area (Å²) in [6, 6.07) is 6.55. The summed E-state index contributed by atoms with van der Waals surface area (Å²) < 4.78 is 10.6. The normalized spacial score (nSPS) is 11.0. The van der Waals surface area contributed by atoms with Crippen LogP contribution >= 0.6 is 0 Å². The van der Waals surface area contributed by atoms with Crippen LogP contribution in [-0.2, 0) is 9.47 Å². The van der Waals surface area contributed by atoms with E-state index in [1.165, 1.54) is 44.9 Å². The second kappa shape index (κ2) is 16.8. The van der Waals surface area contributed by atoms with Crippen molar-refractivity contribution >= 4 is 11.9 Å². The Kier molecular flexibility index (Phi) is 14.5. The van der Waals surface area contributed by atoms with Crippen LogP contribution in [0.4, 0.5) is 0 Å². The molecule has 0 bridgehead atoms. The van der Waals surface area contributed by atoms with Gasteiger partial charge in [0.2, 0.25) is 0 Å². The van der Waals surface area contributed by atoms with Crippen LogP contribution in [0.5, 0.6) is 0 Å². The van der Waals surface area contributed by atoms with Crippen molar-refractivity contribution in [1.82, 2.24) is 0 Å². The lowest BCUT2D eigenvalue weighted by atomic mass is 10.1. The molecule has 0 saturated carbocycles. The zero-order valence-corrected chi connectivity index (χ0v) is 18.3. The summed E-state index contributed by atoms with van der Waals surface area (Å²) >= 11 is 0. The van der Waals surface area contributed by atoms with E-state index in [-0.39, 0.29) is 5.97 Å². The summed E-state index contributed by atoms with van der Waals surface area (Å²) in [4.78, 5) is 24.3. The molecule has 4 nitrogen and oxygen atoms in total. The average molecular weight is 403 g/mol. The molecule has 1 aromatic rings. The molecule has 0 spiro atoms. The van der Waals surface area contributed by atoms with Gasteiger partial charge in [0.15, 0.2) is 0 Å². The highest BCUT2D eigenvalue weighted by Crippen LogP contribution is 2.11. The van der Waals surface area contributed by atoms with Crippen LogP contribution in [0.25, 0.3) is 0 Å². The van der Waals surface area contributed by atoms with E-state index >= 15 is 0 Å². The van der Waals surface area contributed by atoms with Crippen LogP contribution in [0.3, 0.4) is 0 Å². The van der Waals surface area contributed by atoms with Crippen LogP contribution in [0.2, 0.25) is 0 Å². The van der Waals surface area contributed by atoms with Crippen molar-refractivity contribution in [3.8, 4) is 0 Å². The Balaban J connectivity index is 2.23. The third-order valence-electron chi connectivity index (χ3n) is 4.74. The molecule has 0 aliphatic carbocycles. The van der Waals surface area contributed by atoms with Gasteiger partial charge in [0, 0.05) is 0 Å². The molecular formula is C25H38O4. The number of esters is 2. The Labute approximate surface area is 176 Å². The van der Waals surface area contributed by atoms with Crippen molar-refractivity contribution in [2.24, 2.45) is 0 Å². The third-order valence-corrected chi connectivity index (χ3v) is 4.74. The third kappa shape index (κ3) is 12.1. The van der Waals surface area contributed by atoms with Crippen molar-refractivity contribution in [2.75, 3.05) is 13.2 Å². The Morgan fingerprint density at radius 3 is 1.90 bits per heavy atom. The summed E-state index contributed by atoms with van der Waals surface area (Å²) in [5.74, 6) is -0.798. The van der Waals surface area contributed by atoms with Crippen LogP contribution in [0, 0.1) is 0 Å². The molecule has 0 atom stereocenters. The quantitative estimate of drug-likeness (QED) is 0.172. The fraction of sp³-hybridized carbons (Fsp3) is 0.600. The van der Waals surface area contributed by atoms with Gasteiger partial charge in [-0.05, 0) is 37.5 Å². The zero-order valence-electron chi connectivity index (χ0n) is 18.3. The van der Waals surface area contributed by atoms with Gasteiger partial charge < -0.3 is 9.47 Å². The summed E-state index contributed by atoms with van der Waals surface area (Å²) in [6.45, 7) is 5.05. The first-order valence-corrected chi connectivity index (χ1v) is 11.3. The van der Waals surface area contributed by atoms with Crippen molar-refractivity contribution in [2.45, 2.75) is 84.5 Å². The molecule has 1 rings (SSSR count). The number of hydrogen-bond donors (Lipinski definition) is 0. The number of allylic oxidation sites excluding steroid dienone is 1. The standard InChI is InChI=1S/C25H38O4/c1-3-5-7-9-10-11-12-13-15-20-29-25(27)23-18-16-17-22(21-23)24(26)28-19-14-8-6-4-2/h6,8,16-18,21H,3-5,7,9-15,19-20H2,1-2H3/b8-6+. The highest BCUT2D eigenvalue weighted by atomic mass is 16.5. The largest absolute Gasteiger partial charge is 0.462 e. The van der Waals surface area contributed by atoms with E-state index in [2.05, 4.69) is 13.8 Å². The molecule has 29 heavy (non-hydrogen) atoms. The summed E-state index contributed by atoms with van der Waals surface area (Å²) in [5.41, 5.74) is 0.767. The van der Waals surface area contributed by atoms with E-state index in [1.807, 2.05) is 12.2 Å². The van der Waals surface area contributed by atoms with Crippen LogP contribution in [0.15, 0.2) is 36.4 Å². The first-order valence-electron chi connectivity index (χ1n) is 11.3. The molecule has 0 radical (unpaired) electrons. The first kappa shape index (κ1) is 24.9. The van der Waals surface area contributed by atoms with Crippen molar-refractivity contribution in [1.29, 1.82) is 0 Å². The Morgan fingerprint density at radius 2 is 1.31 bits per heavy atom. The van der Waals surface area contributed by atoms with Gasteiger partial charge in [0.1, 0.15) is 0 Å². The summed E-state index contributed by atoms with van der Waals surface area (Å²) in [5, 5.41) is 0. The second-order valence-corrected chi connectivity index (χ2v) is 7.35. The molecule has 0 aliphatic heterocycles. The molecule has 0 aromatic heterocycles. The Hall–Kier alpha value is -2.10. The molecular weight excluding hydrogens is 364 g/mol. The Bertz CT molecular complexity index is 607. The number of carbonyl (C=O) groups excluding carboxylic acids is 2. The lowest BCUT2D eigenvalue weighted by molar-refractivity contribution is 0.0497. The number of benzene rings is 1. The lowest BCUT2D eigenvalue weighted by Gasteiger charge is -2.07. The van der Waals surface area contributed by atoms with Crippen molar-refractivity contribution in [3.05, 3.63) is 47.5 Å². The van der Waals surface area contributed by atoms with Crippen molar-refractivity contribution in [3.63, 3.8) is 0 Å². The number of carbonyl (C=O) groups is 2. The SMILES string of the molecule is CC/C=C/CCOC(=O)c1cccc(C(=O)OCCCCCCCCCCC)c1. The minimum Gasteiger partial charge on any atom is -0.462 e. The predicted molar refractivity (Wildman–Crippen MR) is 118 cm³/mol. The van der Waals surface area contributed by atoms with Gasteiger partial charge in [-0.3, -0.25) is 0 Å². The molecule has 0 heterocycles. The van der Waals surface area contributed by atoms with Crippen LogP contribution in [-0.4, -0.2) is 25.2 Å². The predicted octanol–water partition coefficient (Wildman–Crippen LogP) is 6.89. The molecule has 0 unspecified atom stereocenters. The van der Waals surface area contributed by atoms with E-state index in [1.54, 1.807) is 24.3 Å². The molecule has 162 valence electrons. The Morgan fingerprint density at radius 1 is 0.759 bits per heavy atom. The fourth-order valence-corrected chi connectivity index (χ4v) is 3.02. The lowest BCUT2D eigenvalue weighted by Crippen LogP contribution is -2.10. The zero-order chi connectivity index (χ0) is 21.2. The molecule has 1 aromatic carbocycles. The highest BCUT2D eigenvalue weighted by Gasteiger charge is 2.12. The maximum Gasteiger partial charge on any atom is 0.338 e. The number of unbranched alkanes of at least 4 members (excludes halogenated alkanes) is 8. The molecule has 0 amide bonds. The maximum absolute atomic E-state index is 12.2. The monoisotopic (exact) mass is 402 g/mol. The van der Waals surface area contributed by atoms with Crippen molar-refractivity contribution < 1.29 is 19.1 Å². The van der Waals surface area contributed by atoms with Gasteiger partial charge in [-0.1, -0.05) is 83.4 Å². The smallest absolute Gasteiger partial charge is 0.338 e. The first-order chi connectivity index (χ1) is 14.2. The van der Waals surface area contributed by atoms with E-state index in [9.17, 15) is 9.59 Å². The summed E-state index contributed by atoms with van der Waals surface area (Å²) in [6.07, 6.45) is 16.7. The topological polar surface area (TPSA) is 52.6 Å². The minimum atomic E-state index is -0.413. The van der Waals surface area contributed by atoms with Gasteiger partial charge in [-0.15, -0.1) is 0 Å². The molecule has 0 aliphatic rings. The van der Waals surface area contributed by atoms with Gasteiger partial charge in [0.25, 0.3) is 0 Å². The second-order valence-electron chi connectivity index (χ2n) is 7.35. The van der Waals surface area contributed by atoms with Crippen LogP contribution < -0.4 is 0 Å². The highest BCUT2D eigenvalue weighted by molar-refractivity contribution is 5.95. The fourth-order valence-electron chi connectivity index (χ4n) is 3.02. The molecule has 4 heteroatoms. The minimum absolute atomic E-state index is 0.336. The van der Waals surface area contributed by atoms with E-state index in [0.29, 0.717) is 30.8 Å². The number of rotatable bonds is 16. The van der Waals surface area contributed by atoms with Gasteiger partial charge in [-0.2, -0.15) is 0 Å². The summed E-state index contributed by atoms with van der Waals surface area (Å²) in [7, 11) is 0. The number of hydrogen-bond acceptors (Lipinski definition) is 4. The average Bonchev–Trinajstić information content (AvgIpc) is 2.74. The number of ether oxygens (including phenoxy) is 2. The van der Waals surface area contributed by atoms with Gasteiger partial charge >= 0.3 is 11.9 Å². The van der Waals surface area contributed by atoms with E-state index in [4.69, 9.17) is 9.47 Å². The molecule has 0 saturated heterocycles.